The van der Waals surface area contributed by atoms with Crippen LogP contribution in [0.15, 0.2) is 48.8 Å². The molecule has 124 valence electrons. The number of benzene rings is 1. The number of likely N-dealkylation sites (tertiary alicyclic amines) is 1. The monoisotopic (exact) mass is 319 g/mol. The maximum atomic E-state index is 4.30. The van der Waals surface area contributed by atoms with Crippen LogP contribution in [0.25, 0.3) is 0 Å². The lowest BCUT2D eigenvalue weighted by molar-refractivity contribution is 0.151. The van der Waals surface area contributed by atoms with Gasteiger partial charge in [0.15, 0.2) is 0 Å². The molecule has 2 saturated heterocycles. The number of hydrogen-bond acceptors (Lipinski definition) is 3. The maximum absolute atomic E-state index is 4.30. The predicted molar refractivity (Wildman–Crippen MR) is 97.3 cm³/mol. The van der Waals surface area contributed by atoms with Crippen molar-refractivity contribution < 1.29 is 0 Å². The molecule has 0 N–H and O–H groups in total. The Morgan fingerprint density at radius 3 is 2.75 bits per heavy atom. The van der Waals surface area contributed by atoms with E-state index in [0.717, 1.165) is 18.0 Å². The number of nitrogens with zero attached hydrogens (tertiary/aromatic N) is 3. The highest BCUT2D eigenvalue weighted by atomic mass is 15.3. The first-order valence-electron chi connectivity index (χ1n) is 9.34. The molecule has 3 nitrogen and oxygen atoms in total. The van der Waals surface area contributed by atoms with Gasteiger partial charge >= 0.3 is 0 Å². The van der Waals surface area contributed by atoms with E-state index in [2.05, 4.69) is 57.4 Å². The number of piperidine rings is 1. The third-order valence-corrected chi connectivity index (χ3v) is 6.26. The molecule has 0 spiro atoms. The van der Waals surface area contributed by atoms with Crippen LogP contribution < -0.4 is 4.90 Å². The van der Waals surface area contributed by atoms with E-state index in [1.54, 1.807) is 0 Å². The number of pyridine rings is 1. The summed E-state index contributed by atoms with van der Waals surface area (Å²) in [7, 11) is 0. The molecular weight excluding hydrogens is 294 g/mol. The largest absolute Gasteiger partial charge is 0.367 e. The molecule has 2 aliphatic heterocycles. The van der Waals surface area contributed by atoms with Crippen molar-refractivity contribution in [1.29, 1.82) is 0 Å². The minimum absolute atomic E-state index is 0.741. The molecule has 1 aliphatic carbocycles. The number of para-hydroxylation sites is 1. The van der Waals surface area contributed by atoms with E-state index in [4.69, 9.17) is 0 Å². The molecule has 3 aliphatic rings. The van der Waals surface area contributed by atoms with Crippen LogP contribution in [0.3, 0.4) is 0 Å². The molecule has 2 fully saturated rings. The Morgan fingerprint density at radius 1 is 1.00 bits per heavy atom. The first kappa shape index (κ1) is 14.5. The van der Waals surface area contributed by atoms with E-state index in [0.29, 0.717) is 0 Å². The number of anilines is 1. The highest BCUT2D eigenvalue weighted by molar-refractivity contribution is 5.49. The summed E-state index contributed by atoms with van der Waals surface area (Å²) in [5.41, 5.74) is 4.42. The SMILES string of the molecule is c1ccc(N2C[C@@H]3C[C@H]2CCN3CC2Cc3ccncc3C2)cc1. The summed E-state index contributed by atoms with van der Waals surface area (Å²) in [4.78, 5) is 9.73. The van der Waals surface area contributed by atoms with Crippen molar-refractivity contribution in [1.82, 2.24) is 9.88 Å². The molecule has 1 aromatic heterocycles. The zero-order valence-electron chi connectivity index (χ0n) is 14.1. The van der Waals surface area contributed by atoms with Gasteiger partial charge in [0.2, 0.25) is 0 Å². The fraction of sp³-hybridized carbons (Fsp3) is 0.476. The zero-order chi connectivity index (χ0) is 15.9. The average Bonchev–Trinajstić information content (AvgIpc) is 3.19. The van der Waals surface area contributed by atoms with Crippen LogP contribution in [0, 0.1) is 5.92 Å². The number of fused-ring (bicyclic) bond motifs is 3. The summed E-state index contributed by atoms with van der Waals surface area (Å²) in [5.74, 6) is 0.784. The lowest BCUT2D eigenvalue weighted by atomic mass is 9.98. The highest BCUT2D eigenvalue weighted by Crippen LogP contribution is 2.35. The second kappa shape index (κ2) is 5.89. The molecule has 3 atom stereocenters. The Labute approximate surface area is 144 Å². The smallest absolute Gasteiger partial charge is 0.0369 e. The molecular formula is C21H25N3. The average molecular weight is 319 g/mol. The summed E-state index contributed by atoms with van der Waals surface area (Å²) in [6, 6.07) is 14.7. The number of hydrogen-bond donors (Lipinski definition) is 0. The van der Waals surface area contributed by atoms with Crippen LogP contribution in [0.1, 0.15) is 24.0 Å². The third kappa shape index (κ3) is 2.51. The molecule has 0 amide bonds. The zero-order valence-corrected chi connectivity index (χ0v) is 14.1. The van der Waals surface area contributed by atoms with Crippen molar-refractivity contribution >= 4 is 5.69 Å². The van der Waals surface area contributed by atoms with Gasteiger partial charge in [0, 0.05) is 49.8 Å². The Bertz CT molecular complexity index is 689. The lowest BCUT2D eigenvalue weighted by Gasteiger charge is -2.34. The quantitative estimate of drug-likeness (QED) is 0.866. The molecule has 5 rings (SSSR count). The topological polar surface area (TPSA) is 19.4 Å². The van der Waals surface area contributed by atoms with Crippen LogP contribution in [-0.2, 0) is 12.8 Å². The Balaban J connectivity index is 1.26. The second-order valence-electron chi connectivity index (χ2n) is 7.73. The summed E-state index contributed by atoms with van der Waals surface area (Å²) >= 11 is 0. The summed E-state index contributed by atoms with van der Waals surface area (Å²) in [6.45, 7) is 3.73. The minimum Gasteiger partial charge on any atom is -0.367 e. The van der Waals surface area contributed by atoms with Gasteiger partial charge in [-0.3, -0.25) is 9.88 Å². The van der Waals surface area contributed by atoms with E-state index in [1.807, 2.05) is 6.20 Å². The first-order valence-corrected chi connectivity index (χ1v) is 9.34. The lowest BCUT2D eigenvalue weighted by Crippen LogP contribution is -2.43. The molecule has 2 aromatic rings. The van der Waals surface area contributed by atoms with Crippen LogP contribution in [-0.4, -0.2) is 41.6 Å². The summed E-state index contributed by atoms with van der Waals surface area (Å²) in [5, 5.41) is 0. The van der Waals surface area contributed by atoms with Gasteiger partial charge in [0.05, 0.1) is 0 Å². The van der Waals surface area contributed by atoms with Crippen LogP contribution in [0.2, 0.25) is 0 Å². The second-order valence-corrected chi connectivity index (χ2v) is 7.73. The van der Waals surface area contributed by atoms with Gasteiger partial charge in [-0.2, -0.15) is 0 Å². The molecule has 3 heteroatoms. The normalized spacial score (nSPS) is 29.0. The number of aromatic nitrogens is 1. The Morgan fingerprint density at radius 2 is 1.88 bits per heavy atom. The van der Waals surface area contributed by atoms with Crippen molar-refractivity contribution in [2.75, 3.05) is 24.5 Å². The van der Waals surface area contributed by atoms with Crippen LogP contribution in [0.5, 0.6) is 0 Å². The van der Waals surface area contributed by atoms with Crippen molar-refractivity contribution in [2.24, 2.45) is 5.92 Å². The van der Waals surface area contributed by atoms with E-state index in [-0.39, 0.29) is 0 Å². The molecule has 1 unspecified atom stereocenters. The molecule has 2 bridgehead atoms. The van der Waals surface area contributed by atoms with Gasteiger partial charge < -0.3 is 4.90 Å². The highest BCUT2D eigenvalue weighted by Gasteiger charge is 2.40. The maximum Gasteiger partial charge on any atom is 0.0369 e. The minimum atomic E-state index is 0.741. The van der Waals surface area contributed by atoms with Crippen molar-refractivity contribution in [3.05, 3.63) is 59.9 Å². The predicted octanol–water partition coefficient (Wildman–Crippen LogP) is 3.15. The Hall–Kier alpha value is -1.87. The van der Waals surface area contributed by atoms with Gasteiger partial charge in [-0.1, -0.05) is 18.2 Å². The molecule has 0 saturated carbocycles. The number of rotatable bonds is 3. The summed E-state index contributed by atoms with van der Waals surface area (Å²) in [6.07, 6.45) is 9.14. The first-order chi connectivity index (χ1) is 11.9. The van der Waals surface area contributed by atoms with Crippen LogP contribution in [0.4, 0.5) is 5.69 Å². The van der Waals surface area contributed by atoms with Gasteiger partial charge in [-0.15, -0.1) is 0 Å². The van der Waals surface area contributed by atoms with E-state index >= 15 is 0 Å². The molecule has 3 heterocycles. The van der Waals surface area contributed by atoms with E-state index < -0.39 is 0 Å². The van der Waals surface area contributed by atoms with Gasteiger partial charge in [0.25, 0.3) is 0 Å². The van der Waals surface area contributed by atoms with E-state index in [9.17, 15) is 0 Å². The standard InChI is InChI=1S/C21H25N3/c1-2-4-19(5-3-1)24-15-21-12-20(24)7-9-23(21)14-16-10-17-6-8-22-13-18(17)11-16/h1-6,8,13,16,20-21H,7,9-12,14-15H2/t16?,20-,21+/m1/s1. The van der Waals surface area contributed by atoms with Gasteiger partial charge in [0.1, 0.15) is 0 Å². The van der Waals surface area contributed by atoms with Crippen molar-refractivity contribution in [3.63, 3.8) is 0 Å². The van der Waals surface area contributed by atoms with Crippen molar-refractivity contribution in [2.45, 2.75) is 37.8 Å². The fourth-order valence-corrected chi connectivity index (χ4v) is 5.10. The van der Waals surface area contributed by atoms with E-state index in [1.165, 1.54) is 62.1 Å². The summed E-state index contributed by atoms with van der Waals surface area (Å²) < 4.78 is 0. The molecule has 0 radical (unpaired) electrons. The fourth-order valence-electron chi connectivity index (χ4n) is 5.10. The molecule has 24 heavy (non-hydrogen) atoms. The van der Waals surface area contributed by atoms with Crippen LogP contribution >= 0.6 is 0 Å². The Kier molecular flexibility index (Phi) is 3.55. The molecule has 1 aromatic carbocycles. The van der Waals surface area contributed by atoms with Gasteiger partial charge in [-0.25, -0.2) is 0 Å². The van der Waals surface area contributed by atoms with Gasteiger partial charge in [-0.05, 0) is 60.9 Å². The third-order valence-electron chi connectivity index (χ3n) is 6.26. The van der Waals surface area contributed by atoms with Crippen molar-refractivity contribution in [3.8, 4) is 0 Å².